The fourth-order valence-electron chi connectivity index (χ4n) is 4.90. The molecule has 3 aliphatic carbocycles. The number of Topliss-reactive ketones (excluding diaryl/α,β-unsaturated/α-hetero) is 2. The first-order chi connectivity index (χ1) is 13.8. The molecular formula is C20H16N2O7. The monoisotopic (exact) mass is 396 g/mol. The second-order valence-electron chi connectivity index (χ2n) is 7.49. The lowest BCUT2D eigenvalue weighted by Gasteiger charge is -2.35. The highest BCUT2D eigenvalue weighted by atomic mass is 16.6. The van der Waals surface area contributed by atoms with Gasteiger partial charge in [-0.25, -0.2) is 0 Å². The number of aliphatic hydroxyl groups excluding tert-OH is 1. The highest BCUT2D eigenvalue weighted by Crippen LogP contribution is 2.62. The number of phenols is 1. The van der Waals surface area contributed by atoms with Crippen molar-refractivity contribution in [2.45, 2.75) is 18.4 Å². The van der Waals surface area contributed by atoms with Crippen LogP contribution in [0, 0.1) is 11.8 Å². The number of hydrogen-bond donors (Lipinski definition) is 3. The van der Waals surface area contributed by atoms with Gasteiger partial charge in [0.1, 0.15) is 24.1 Å². The molecule has 1 saturated heterocycles. The van der Waals surface area contributed by atoms with E-state index in [1.165, 1.54) is 13.2 Å². The van der Waals surface area contributed by atoms with E-state index in [4.69, 9.17) is 15.3 Å². The van der Waals surface area contributed by atoms with E-state index in [0.29, 0.717) is 17.6 Å². The molecular weight excluding hydrogens is 380 g/mol. The van der Waals surface area contributed by atoms with E-state index >= 15 is 0 Å². The standard InChI is InChI=1S/C20H16N2O7/c1-28-22-14-9-6-8-5-7-3-2-4-10(23)11(7)15(24)12(8)18-20(9,29-18)17(26)13(16(14)25)19(21)27/h2-4,8-9,23,25H,5-6H2,1H3,(H2,21,27)/b22-14-/t8?,9-,20+/m0/s1. The Bertz CT molecular complexity index is 1130. The smallest absolute Gasteiger partial charge is 0.256 e. The molecule has 1 aromatic rings. The predicted octanol–water partition coefficient (Wildman–Crippen LogP) is 0.673. The number of rotatable bonds is 2. The highest BCUT2D eigenvalue weighted by Gasteiger charge is 2.74. The first kappa shape index (κ1) is 17.5. The summed E-state index contributed by atoms with van der Waals surface area (Å²) in [6.45, 7) is 0. The summed E-state index contributed by atoms with van der Waals surface area (Å²) < 4.78 is 5.72. The lowest BCUT2D eigenvalue weighted by Crippen LogP contribution is -2.50. The Labute approximate surface area is 164 Å². The third-order valence-electron chi connectivity index (χ3n) is 6.10. The highest BCUT2D eigenvalue weighted by molar-refractivity contribution is 6.32. The molecule has 1 unspecified atom stereocenters. The van der Waals surface area contributed by atoms with Crippen molar-refractivity contribution in [1.82, 2.24) is 0 Å². The Morgan fingerprint density at radius 3 is 2.79 bits per heavy atom. The van der Waals surface area contributed by atoms with Crippen LogP contribution in [0.5, 0.6) is 5.75 Å². The Morgan fingerprint density at radius 1 is 1.34 bits per heavy atom. The zero-order chi connectivity index (χ0) is 20.7. The lowest BCUT2D eigenvalue weighted by molar-refractivity contribution is -0.125. The number of aliphatic hydroxyl groups is 1. The number of phenolic OH excluding ortho intramolecular Hbond substituents is 1. The number of ketones is 2. The number of ether oxygens (including phenoxy) is 1. The SMILES string of the molecule is CO/N=C1\C(O)=C(C(N)=O)C(=O)[C@@]23OC2=C2C(=O)c4c(O)cccc4CC2C[C@@H]13. The number of aromatic hydroxyl groups is 1. The molecule has 5 rings (SSSR count). The summed E-state index contributed by atoms with van der Waals surface area (Å²) in [7, 11) is 1.27. The number of amides is 1. The van der Waals surface area contributed by atoms with Crippen molar-refractivity contribution in [3.8, 4) is 5.75 Å². The molecule has 1 heterocycles. The molecule has 9 heteroatoms. The lowest BCUT2D eigenvalue weighted by atomic mass is 9.62. The summed E-state index contributed by atoms with van der Waals surface area (Å²) in [5.74, 6) is -3.96. The maximum atomic E-state index is 13.2. The first-order valence-electron chi connectivity index (χ1n) is 9.01. The Kier molecular flexibility index (Phi) is 3.29. The summed E-state index contributed by atoms with van der Waals surface area (Å²) in [5.41, 5.74) is 4.27. The molecule has 148 valence electrons. The number of benzene rings is 1. The van der Waals surface area contributed by atoms with Crippen LogP contribution >= 0.6 is 0 Å². The maximum absolute atomic E-state index is 13.2. The minimum atomic E-state index is -1.60. The molecule has 0 bridgehead atoms. The molecule has 4 N–H and O–H groups in total. The second kappa shape index (κ2) is 5.47. The van der Waals surface area contributed by atoms with Gasteiger partial charge >= 0.3 is 0 Å². The van der Waals surface area contributed by atoms with Crippen molar-refractivity contribution in [1.29, 1.82) is 0 Å². The quantitative estimate of drug-likeness (QED) is 0.377. The average molecular weight is 396 g/mol. The molecule has 1 aromatic carbocycles. The summed E-state index contributed by atoms with van der Waals surface area (Å²) in [4.78, 5) is 42.9. The van der Waals surface area contributed by atoms with Crippen molar-refractivity contribution < 1.29 is 34.2 Å². The summed E-state index contributed by atoms with van der Waals surface area (Å²) in [6.07, 6.45) is 0.718. The van der Waals surface area contributed by atoms with Gasteiger partial charge in [-0.15, -0.1) is 0 Å². The van der Waals surface area contributed by atoms with Crippen LogP contribution in [-0.2, 0) is 25.6 Å². The maximum Gasteiger partial charge on any atom is 0.256 e. The van der Waals surface area contributed by atoms with Gasteiger partial charge in [0.15, 0.2) is 17.3 Å². The van der Waals surface area contributed by atoms with Crippen LogP contribution in [0.4, 0.5) is 0 Å². The molecule has 1 fully saturated rings. The van der Waals surface area contributed by atoms with E-state index in [2.05, 4.69) is 5.16 Å². The van der Waals surface area contributed by atoms with E-state index in [1.54, 1.807) is 12.1 Å². The zero-order valence-corrected chi connectivity index (χ0v) is 15.3. The molecule has 0 saturated carbocycles. The minimum Gasteiger partial charge on any atom is -0.507 e. The average Bonchev–Trinajstić information content (AvgIpc) is 3.40. The van der Waals surface area contributed by atoms with Crippen molar-refractivity contribution in [3.05, 3.63) is 52.0 Å². The van der Waals surface area contributed by atoms with Crippen LogP contribution in [-0.4, -0.2) is 46.1 Å². The van der Waals surface area contributed by atoms with Crippen LogP contribution in [0.25, 0.3) is 0 Å². The molecule has 1 amide bonds. The van der Waals surface area contributed by atoms with E-state index in [-0.39, 0.29) is 35.1 Å². The number of hydrogen-bond acceptors (Lipinski definition) is 8. The second-order valence-corrected chi connectivity index (χ2v) is 7.49. The number of primary amides is 1. The topological polar surface area (TPSA) is 152 Å². The number of epoxide rings is 1. The molecule has 3 atom stereocenters. The third-order valence-corrected chi connectivity index (χ3v) is 6.10. The van der Waals surface area contributed by atoms with Gasteiger partial charge in [-0.1, -0.05) is 17.3 Å². The van der Waals surface area contributed by atoms with Crippen LogP contribution in [0.1, 0.15) is 22.3 Å². The third kappa shape index (κ3) is 1.99. The van der Waals surface area contributed by atoms with E-state index in [9.17, 15) is 24.6 Å². The van der Waals surface area contributed by atoms with Gasteiger partial charge < -0.3 is 25.5 Å². The van der Waals surface area contributed by atoms with Crippen LogP contribution in [0.15, 0.2) is 46.0 Å². The Balaban J connectivity index is 1.72. The zero-order valence-electron chi connectivity index (χ0n) is 15.3. The number of nitrogens with zero attached hydrogens (tertiary/aromatic N) is 1. The fourth-order valence-corrected chi connectivity index (χ4v) is 4.90. The largest absolute Gasteiger partial charge is 0.507 e. The summed E-state index contributed by atoms with van der Waals surface area (Å²) >= 11 is 0. The van der Waals surface area contributed by atoms with Gasteiger partial charge in [-0.2, -0.15) is 0 Å². The molecule has 1 spiro atoms. The Hall–Kier alpha value is -3.62. The van der Waals surface area contributed by atoms with Crippen LogP contribution in [0.3, 0.4) is 0 Å². The number of nitrogens with two attached hydrogens (primary N) is 1. The molecule has 1 aliphatic heterocycles. The van der Waals surface area contributed by atoms with Gasteiger partial charge in [0, 0.05) is 5.57 Å². The molecule has 0 radical (unpaired) electrons. The number of oxime groups is 1. The van der Waals surface area contributed by atoms with Gasteiger partial charge in [0.05, 0.1) is 11.5 Å². The normalized spacial score (nSPS) is 30.9. The van der Waals surface area contributed by atoms with Crippen molar-refractivity contribution in [3.63, 3.8) is 0 Å². The van der Waals surface area contributed by atoms with Gasteiger partial charge in [0.2, 0.25) is 11.4 Å². The summed E-state index contributed by atoms with van der Waals surface area (Å²) in [5, 5.41) is 24.5. The molecule has 0 aromatic heterocycles. The van der Waals surface area contributed by atoms with Crippen LogP contribution < -0.4 is 5.73 Å². The van der Waals surface area contributed by atoms with Crippen molar-refractivity contribution >= 4 is 23.2 Å². The minimum absolute atomic E-state index is 0.0101. The van der Waals surface area contributed by atoms with Gasteiger partial charge in [0.25, 0.3) is 5.91 Å². The molecule has 4 aliphatic rings. The number of allylic oxidation sites excluding steroid dienone is 2. The van der Waals surface area contributed by atoms with Gasteiger partial charge in [-0.05, 0) is 30.4 Å². The van der Waals surface area contributed by atoms with E-state index in [0.717, 1.165) is 0 Å². The van der Waals surface area contributed by atoms with Crippen LogP contribution in [0.2, 0.25) is 0 Å². The number of carbonyl (C=O) groups is 3. The number of fused-ring (bicyclic) bond motifs is 2. The number of carbonyl (C=O) groups excluding carboxylic acids is 3. The summed E-state index contributed by atoms with van der Waals surface area (Å²) in [6, 6.07) is 4.86. The fraction of sp³-hybridized carbons (Fsp3) is 0.300. The first-order valence-corrected chi connectivity index (χ1v) is 9.01. The van der Waals surface area contributed by atoms with Crippen molar-refractivity contribution in [2.75, 3.05) is 7.11 Å². The van der Waals surface area contributed by atoms with E-state index in [1.807, 2.05) is 0 Å². The van der Waals surface area contributed by atoms with E-state index < -0.39 is 40.3 Å². The van der Waals surface area contributed by atoms with Gasteiger partial charge in [-0.3, -0.25) is 14.4 Å². The van der Waals surface area contributed by atoms with Crippen molar-refractivity contribution in [2.24, 2.45) is 22.7 Å². The molecule has 9 nitrogen and oxygen atoms in total. The molecule has 29 heavy (non-hydrogen) atoms. The Morgan fingerprint density at radius 2 is 2.10 bits per heavy atom. The predicted molar refractivity (Wildman–Crippen MR) is 96.9 cm³/mol.